The van der Waals surface area contributed by atoms with E-state index in [1.165, 1.54) is 0 Å². The summed E-state index contributed by atoms with van der Waals surface area (Å²) in [7, 11) is 0. The monoisotopic (exact) mass is 659 g/mol. The predicted molar refractivity (Wildman–Crippen MR) is 203 cm³/mol. The molecule has 234 valence electrons. The Bertz CT molecular complexity index is 2810. The molecule has 0 aliphatic heterocycles. The van der Waals surface area contributed by atoms with E-state index in [9.17, 15) is 0 Å². The summed E-state index contributed by atoms with van der Waals surface area (Å²) in [5.41, 5.74) is 7.82. The highest BCUT2D eigenvalue weighted by Crippen LogP contribution is 2.44. The zero-order valence-electron chi connectivity index (χ0n) is 26.5. The molecule has 0 saturated carbocycles. The third kappa shape index (κ3) is 4.75. The maximum Gasteiger partial charge on any atom is 0.180 e. The number of nitrogens with zero attached hydrogens (tertiary/aromatic N) is 5. The van der Waals surface area contributed by atoms with E-state index in [0.717, 1.165) is 70.2 Å². The molecule has 10 rings (SSSR count). The van der Waals surface area contributed by atoms with Crippen molar-refractivity contribution in [1.29, 1.82) is 0 Å². The molecule has 10 aromatic rings. The van der Waals surface area contributed by atoms with E-state index in [4.69, 9.17) is 29.3 Å². The van der Waals surface area contributed by atoms with E-state index < -0.39 is 0 Å². The van der Waals surface area contributed by atoms with Gasteiger partial charge in [0.15, 0.2) is 28.9 Å². The highest BCUT2D eigenvalue weighted by Gasteiger charge is 2.21. The van der Waals surface area contributed by atoms with Crippen LogP contribution in [0.4, 0.5) is 0 Å². The van der Waals surface area contributed by atoms with Gasteiger partial charge in [-0.15, -0.1) is 11.3 Å². The van der Waals surface area contributed by atoms with E-state index in [1.807, 2.05) is 109 Å². The molecule has 6 aromatic carbocycles. The van der Waals surface area contributed by atoms with Crippen LogP contribution in [-0.2, 0) is 0 Å². The van der Waals surface area contributed by atoms with Gasteiger partial charge in [-0.3, -0.25) is 0 Å². The van der Waals surface area contributed by atoms with Crippen LogP contribution in [0.1, 0.15) is 0 Å². The summed E-state index contributed by atoms with van der Waals surface area (Å²) >= 11 is 1.75. The summed E-state index contributed by atoms with van der Waals surface area (Å²) in [6, 6.07) is 51.1. The molecular formula is C43H25N5OS. The summed E-state index contributed by atoms with van der Waals surface area (Å²) in [6.07, 6.45) is 0. The van der Waals surface area contributed by atoms with Gasteiger partial charge in [0.2, 0.25) is 0 Å². The van der Waals surface area contributed by atoms with Gasteiger partial charge in [-0.25, -0.2) is 24.9 Å². The van der Waals surface area contributed by atoms with Crippen molar-refractivity contribution < 1.29 is 4.42 Å². The Hall–Kier alpha value is -6.57. The third-order valence-corrected chi connectivity index (χ3v) is 10.1. The van der Waals surface area contributed by atoms with Gasteiger partial charge in [0.1, 0.15) is 16.8 Å². The first-order valence-electron chi connectivity index (χ1n) is 16.3. The van der Waals surface area contributed by atoms with Crippen LogP contribution in [0.15, 0.2) is 156 Å². The van der Waals surface area contributed by atoms with E-state index >= 15 is 0 Å². The SMILES string of the molecule is c1ccc(-c2nc(-c3ccccc3)nc(-c3ccc4c(c3)sc3cccc(-c5nc(-c6ccccc6)nc6c5oc5ccccc56)c34)n2)cc1. The molecule has 4 heterocycles. The Morgan fingerprint density at radius 3 is 1.66 bits per heavy atom. The molecule has 0 radical (unpaired) electrons. The van der Waals surface area contributed by atoms with Gasteiger partial charge in [0.25, 0.3) is 0 Å². The lowest BCUT2D eigenvalue weighted by molar-refractivity contribution is 0.667. The minimum absolute atomic E-state index is 0.629. The quantitative estimate of drug-likeness (QED) is 0.183. The summed E-state index contributed by atoms with van der Waals surface area (Å²) < 4.78 is 8.78. The molecule has 0 aliphatic rings. The molecule has 0 unspecified atom stereocenters. The average Bonchev–Trinajstić information content (AvgIpc) is 3.76. The molecule has 0 saturated heterocycles. The average molecular weight is 660 g/mol. The molecule has 0 N–H and O–H groups in total. The predicted octanol–water partition coefficient (Wildman–Crippen LogP) is 11.3. The van der Waals surface area contributed by atoms with Crippen molar-refractivity contribution in [2.45, 2.75) is 0 Å². The van der Waals surface area contributed by atoms with Crippen molar-refractivity contribution in [2.75, 3.05) is 0 Å². The van der Waals surface area contributed by atoms with E-state index in [1.54, 1.807) is 11.3 Å². The number of benzene rings is 6. The fraction of sp³-hybridized carbons (Fsp3) is 0. The van der Waals surface area contributed by atoms with Crippen LogP contribution in [0, 0.1) is 0 Å². The number of fused-ring (bicyclic) bond motifs is 6. The molecule has 0 spiro atoms. The molecular weight excluding hydrogens is 635 g/mol. The Morgan fingerprint density at radius 1 is 0.420 bits per heavy atom. The van der Waals surface area contributed by atoms with Crippen LogP contribution < -0.4 is 0 Å². The molecule has 4 aromatic heterocycles. The zero-order valence-corrected chi connectivity index (χ0v) is 27.3. The number of thiophene rings is 1. The lowest BCUT2D eigenvalue weighted by atomic mass is 10.0. The van der Waals surface area contributed by atoms with Crippen molar-refractivity contribution in [2.24, 2.45) is 0 Å². The van der Waals surface area contributed by atoms with Crippen LogP contribution in [0.2, 0.25) is 0 Å². The first kappa shape index (κ1) is 28.4. The minimum Gasteiger partial charge on any atom is -0.452 e. The van der Waals surface area contributed by atoms with Gasteiger partial charge >= 0.3 is 0 Å². The Kier molecular flexibility index (Phi) is 6.57. The van der Waals surface area contributed by atoms with E-state index in [-0.39, 0.29) is 0 Å². The lowest BCUT2D eigenvalue weighted by Gasteiger charge is -2.09. The van der Waals surface area contributed by atoms with Crippen LogP contribution in [0.5, 0.6) is 0 Å². The van der Waals surface area contributed by atoms with Crippen LogP contribution in [0.3, 0.4) is 0 Å². The van der Waals surface area contributed by atoms with Crippen molar-refractivity contribution >= 4 is 53.6 Å². The fourth-order valence-electron chi connectivity index (χ4n) is 6.59. The smallest absolute Gasteiger partial charge is 0.180 e. The summed E-state index contributed by atoms with van der Waals surface area (Å²) in [5, 5.41) is 3.23. The minimum atomic E-state index is 0.629. The lowest BCUT2D eigenvalue weighted by Crippen LogP contribution is -2.00. The number of rotatable bonds is 5. The van der Waals surface area contributed by atoms with Crippen molar-refractivity contribution in [1.82, 2.24) is 24.9 Å². The van der Waals surface area contributed by atoms with Gasteiger partial charge in [-0.2, -0.15) is 0 Å². The Morgan fingerprint density at radius 2 is 1.00 bits per heavy atom. The molecule has 6 nitrogen and oxygen atoms in total. The Balaban J connectivity index is 1.18. The van der Waals surface area contributed by atoms with Gasteiger partial charge in [-0.1, -0.05) is 127 Å². The Labute approximate surface area is 290 Å². The van der Waals surface area contributed by atoms with Crippen molar-refractivity contribution in [3.05, 3.63) is 152 Å². The summed E-state index contributed by atoms with van der Waals surface area (Å²) in [6.45, 7) is 0. The highest BCUT2D eigenvalue weighted by atomic mass is 32.1. The first-order chi connectivity index (χ1) is 24.8. The van der Waals surface area contributed by atoms with E-state index in [0.29, 0.717) is 28.9 Å². The summed E-state index contributed by atoms with van der Waals surface area (Å²) in [5.74, 6) is 2.57. The molecule has 0 atom stereocenters. The zero-order chi connectivity index (χ0) is 33.0. The first-order valence-corrected chi connectivity index (χ1v) is 17.2. The second-order valence-electron chi connectivity index (χ2n) is 12.1. The van der Waals surface area contributed by atoms with Crippen molar-refractivity contribution in [3.8, 4) is 56.8 Å². The number of furan rings is 1. The third-order valence-electron chi connectivity index (χ3n) is 8.96. The number of hydrogen-bond acceptors (Lipinski definition) is 7. The maximum atomic E-state index is 6.49. The molecule has 0 aliphatic carbocycles. The number of aromatic nitrogens is 5. The summed E-state index contributed by atoms with van der Waals surface area (Å²) in [4.78, 5) is 25.0. The molecule has 0 fully saturated rings. The second kappa shape index (κ2) is 11.5. The van der Waals surface area contributed by atoms with Crippen LogP contribution >= 0.6 is 11.3 Å². The normalized spacial score (nSPS) is 11.6. The highest BCUT2D eigenvalue weighted by molar-refractivity contribution is 7.26. The molecule has 50 heavy (non-hydrogen) atoms. The van der Waals surface area contributed by atoms with Gasteiger partial charge in [-0.05, 0) is 24.3 Å². The number of hydrogen-bond donors (Lipinski definition) is 0. The number of para-hydroxylation sites is 1. The molecule has 0 bridgehead atoms. The second-order valence-corrected chi connectivity index (χ2v) is 13.2. The van der Waals surface area contributed by atoms with Crippen LogP contribution in [0.25, 0.3) is 99.1 Å². The molecule has 7 heteroatoms. The maximum absolute atomic E-state index is 6.49. The van der Waals surface area contributed by atoms with Gasteiger partial charge in [0, 0.05) is 53.4 Å². The van der Waals surface area contributed by atoms with Gasteiger partial charge < -0.3 is 4.42 Å². The van der Waals surface area contributed by atoms with Gasteiger partial charge in [0.05, 0.1) is 0 Å². The van der Waals surface area contributed by atoms with Crippen LogP contribution in [-0.4, -0.2) is 24.9 Å². The van der Waals surface area contributed by atoms with Crippen molar-refractivity contribution in [3.63, 3.8) is 0 Å². The van der Waals surface area contributed by atoms with E-state index in [2.05, 4.69) is 42.5 Å². The largest absolute Gasteiger partial charge is 0.452 e. The topological polar surface area (TPSA) is 77.6 Å². The molecule has 0 amide bonds. The fourth-order valence-corrected chi connectivity index (χ4v) is 7.76. The standard InChI is InChI=1S/C43H25N5OS/c1-4-13-26(14-5-1)40-44-37-30-19-10-11-21-33(30)49-39(37)38(45-40)32-20-12-22-34-36(32)31-24-23-29(25-35(31)50-34)43-47-41(27-15-6-2-7-16-27)46-42(48-43)28-17-8-3-9-18-28/h1-25H.